The first-order valence-corrected chi connectivity index (χ1v) is 18.8. The van der Waals surface area contributed by atoms with Gasteiger partial charge in [-0.3, -0.25) is 0 Å². The molecule has 2 unspecified atom stereocenters. The number of benzene rings is 6. The van der Waals surface area contributed by atoms with Crippen LogP contribution in [0.5, 0.6) is 0 Å². The summed E-state index contributed by atoms with van der Waals surface area (Å²) in [4.78, 5) is 0. The Balaban J connectivity index is 1.41. The minimum Gasteiger partial charge on any atom is -0.396 e. The summed E-state index contributed by atoms with van der Waals surface area (Å²) in [5.74, 6) is -0.132. The largest absolute Gasteiger partial charge is 0.396 e. The summed E-state index contributed by atoms with van der Waals surface area (Å²) in [6.45, 7) is 0.0924. The highest BCUT2D eigenvalue weighted by Crippen LogP contribution is 2.60. The third kappa shape index (κ3) is 4.88. The van der Waals surface area contributed by atoms with Crippen LogP contribution in [0.25, 0.3) is 0 Å². The van der Waals surface area contributed by atoms with E-state index in [0.29, 0.717) is 0 Å². The van der Waals surface area contributed by atoms with E-state index in [1.165, 1.54) is 54.1 Å². The van der Waals surface area contributed by atoms with Crippen molar-refractivity contribution in [2.45, 2.75) is 11.8 Å². The molecule has 2 atom stereocenters. The molecule has 4 heteroatoms. The minimum atomic E-state index is -0.856. The molecule has 0 radical (unpaired) electrons. The molecule has 2 bridgehead atoms. The fraction of sp³-hybridized carbons (Fsp3) is 0.143. The standard InChI is InChI=1S/C42H36O2P2/c43-27-35-36(28-44)42-40-33(23-13-25-37(40)45(29-15-5-1-6-16-29)30-17-7-2-8-18-30)39(35)34-24-14-26-38(41(34)42)46(31-19-9-3-10-20-31)32-21-11-4-12-22-32/h1-26,35-36,39,42-44H,27-28H2. The second-order valence-corrected chi connectivity index (χ2v) is 16.6. The van der Waals surface area contributed by atoms with Crippen molar-refractivity contribution >= 4 is 47.7 Å². The number of aliphatic hydroxyl groups is 2. The number of rotatable bonds is 8. The molecule has 0 spiro atoms. The van der Waals surface area contributed by atoms with Gasteiger partial charge in [-0.05, 0) is 81.8 Å². The van der Waals surface area contributed by atoms with Gasteiger partial charge in [0.2, 0.25) is 0 Å². The van der Waals surface area contributed by atoms with Gasteiger partial charge in [0.1, 0.15) is 0 Å². The van der Waals surface area contributed by atoms with Crippen molar-refractivity contribution in [2.75, 3.05) is 13.2 Å². The average molecular weight is 635 g/mol. The molecule has 0 saturated carbocycles. The topological polar surface area (TPSA) is 40.5 Å². The molecule has 2 N–H and O–H groups in total. The SMILES string of the molecule is OCC1C2c3cccc(P(c4ccccc4)c4ccccc4)c3C(c3c2cccc3P(c2ccccc2)c2ccccc2)C1CO. The number of fused-ring (bicyclic) bond motifs is 1. The summed E-state index contributed by atoms with van der Waals surface area (Å²) < 4.78 is 0. The molecule has 3 aliphatic carbocycles. The van der Waals surface area contributed by atoms with Crippen molar-refractivity contribution < 1.29 is 10.2 Å². The van der Waals surface area contributed by atoms with Crippen LogP contribution in [0.15, 0.2) is 158 Å². The van der Waals surface area contributed by atoms with Crippen LogP contribution >= 0.6 is 15.8 Å². The van der Waals surface area contributed by atoms with Gasteiger partial charge < -0.3 is 10.2 Å². The van der Waals surface area contributed by atoms with Crippen molar-refractivity contribution in [1.82, 2.24) is 0 Å². The van der Waals surface area contributed by atoms with Gasteiger partial charge in [0, 0.05) is 25.0 Å². The normalized spacial score (nSPS) is 19.7. The number of hydrogen-bond acceptors (Lipinski definition) is 2. The first kappa shape index (κ1) is 29.5. The maximum absolute atomic E-state index is 11.2. The molecule has 6 aromatic rings. The molecular formula is C42H36O2P2. The van der Waals surface area contributed by atoms with E-state index in [1.807, 2.05) is 0 Å². The molecule has 2 nitrogen and oxygen atoms in total. The molecule has 0 aromatic heterocycles. The van der Waals surface area contributed by atoms with Gasteiger partial charge in [-0.1, -0.05) is 158 Å². The Morgan fingerprint density at radius 3 is 1.02 bits per heavy atom. The van der Waals surface area contributed by atoms with Gasteiger partial charge in [-0.2, -0.15) is 0 Å². The number of aliphatic hydroxyl groups excluding tert-OH is 2. The van der Waals surface area contributed by atoms with Gasteiger partial charge in [0.15, 0.2) is 0 Å². The highest BCUT2D eigenvalue weighted by atomic mass is 31.1. The molecule has 226 valence electrons. The zero-order valence-corrected chi connectivity index (χ0v) is 27.3. The maximum atomic E-state index is 11.2. The molecule has 46 heavy (non-hydrogen) atoms. The second kappa shape index (κ2) is 12.7. The van der Waals surface area contributed by atoms with Gasteiger partial charge in [0.25, 0.3) is 0 Å². The van der Waals surface area contributed by atoms with E-state index in [-0.39, 0.29) is 36.9 Å². The first-order chi connectivity index (χ1) is 22.8. The van der Waals surface area contributed by atoms with Crippen molar-refractivity contribution in [3.05, 3.63) is 180 Å². The Hall–Kier alpha value is -3.90. The van der Waals surface area contributed by atoms with Crippen molar-refractivity contribution in [3.8, 4) is 0 Å². The van der Waals surface area contributed by atoms with Crippen molar-refractivity contribution in [1.29, 1.82) is 0 Å². The lowest BCUT2D eigenvalue weighted by Gasteiger charge is -2.52. The van der Waals surface area contributed by atoms with E-state index in [9.17, 15) is 10.2 Å². The molecule has 0 fully saturated rings. The Morgan fingerprint density at radius 2 is 0.696 bits per heavy atom. The molecule has 0 aliphatic heterocycles. The van der Waals surface area contributed by atoms with Crippen LogP contribution in [0.4, 0.5) is 0 Å². The van der Waals surface area contributed by atoms with E-state index in [1.54, 1.807) is 0 Å². The van der Waals surface area contributed by atoms with Crippen molar-refractivity contribution in [3.63, 3.8) is 0 Å². The lowest BCUT2D eigenvalue weighted by molar-refractivity contribution is 0.0816. The Bertz CT molecular complexity index is 1730. The van der Waals surface area contributed by atoms with Crippen LogP contribution in [-0.4, -0.2) is 23.4 Å². The highest BCUT2D eigenvalue weighted by Gasteiger charge is 2.51. The molecule has 9 rings (SSSR count). The zero-order valence-electron chi connectivity index (χ0n) is 25.5. The summed E-state index contributed by atoms with van der Waals surface area (Å²) in [6.07, 6.45) is 0. The summed E-state index contributed by atoms with van der Waals surface area (Å²) in [7, 11) is -1.71. The van der Waals surface area contributed by atoms with Crippen LogP contribution in [-0.2, 0) is 0 Å². The predicted octanol–water partition coefficient (Wildman–Crippen LogP) is 6.01. The van der Waals surface area contributed by atoms with Crippen LogP contribution < -0.4 is 31.8 Å². The fourth-order valence-electron chi connectivity index (χ4n) is 8.09. The van der Waals surface area contributed by atoms with Gasteiger partial charge in [0.05, 0.1) is 0 Å². The summed E-state index contributed by atoms with van der Waals surface area (Å²) in [5, 5.41) is 30.1. The smallest absolute Gasteiger partial charge is 0.0472 e. The number of hydrogen-bond donors (Lipinski definition) is 2. The van der Waals surface area contributed by atoms with Crippen LogP contribution in [0.1, 0.15) is 34.1 Å². The zero-order chi connectivity index (χ0) is 31.0. The fourth-order valence-corrected chi connectivity index (χ4v) is 13.2. The van der Waals surface area contributed by atoms with Gasteiger partial charge >= 0.3 is 0 Å². The third-order valence-corrected chi connectivity index (χ3v) is 14.9. The van der Waals surface area contributed by atoms with Crippen LogP contribution in [0, 0.1) is 11.8 Å². The lowest BCUT2D eigenvalue weighted by Crippen LogP contribution is -2.47. The molecule has 0 amide bonds. The molecule has 6 aromatic carbocycles. The Labute approximate surface area is 273 Å². The van der Waals surface area contributed by atoms with E-state index in [4.69, 9.17) is 0 Å². The monoisotopic (exact) mass is 634 g/mol. The van der Waals surface area contributed by atoms with Crippen LogP contribution in [0.2, 0.25) is 0 Å². The van der Waals surface area contributed by atoms with Gasteiger partial charge in [-0.25, -0.2) is 0 Å². The molecular weight excluding hydrogens is 598 g/mol. The van der Waals surface area contributed by atoms with E-state index in [0.717, 1.165) is 0 Å². The van der Waals surface area contributed by atoms with Crippen LogP contribution in [0.3, 0.4) is 0 Å². The Morgan fingerprint density at radius 1 is 0.370 bits per heavy atom. The summed E-state index contributed by atoms with van der Waals surface area (Å²) in [5.41, 5.74) is 5.37. The molecule has 0 heterocycles. The average Bonchev–Trinajstić information content (AvgIpc) is 3.13. The first-order valence-electron chi connectivity index (χ1n) is 16.1. The van der Waals surface area contributed by atoms with E-state index in [2.05, 4.69) is 158 Å². The van der Waals surface area contributed by atoms with E-state index >= 15 is 0 Å². The van der Waals surface area contributed by atoms with E-state index < -0.39 is 15.8 Å². The third-order valence-electron chi connectivity index (χ3n) is 9.89. The molecule has 0 saturated heterocycles. The highest BCUT2D eigenvalue weighted by molar-refractivity contribution is 7.80. The minimum absolute atomic E-state index is 0.0174. The van der Waals surface area contributed by atoms with Gasteiger partial charge in [-0.15, -0.1) is 0 Å². The quantitative estimate of drug-likeness (QED) is 0.202. The lowest BCUT2D eigenvalue weighted by atomic mass is 9.54. The van der Waals surface area contributed by atoms with Crippen molar-refractivity contribution in [2.24, 2.45) is 11.8 Å². The Kier molecular flexibility index (Phi) is 8.15. The summed E-state index contributed by atoms with van der Waals surface area (Å²) >= 11 is 0. The molecule has 3 aliphatic rings. The maximum Gasteiger partial charge on any atom is 0.0472 e. The predicted molar refractivity (Wildman–Crippen MR) is 195 cm³/mol. The second-order valence-electron chi connectivity index (χ2n) is 12.2. The summed E-state index contributed by atoms with van der Waals surface area (Å²) in [6, 6.07) is 57.4.